The molecule has 0 aliphatic heterocycles. The predicted octanol–water partition coefficient (Wildman–Crippen LogP) is 0.668. The van der Waals surface area contributed by atoms with Gasteiger partial charge in [0.2, 0.25) is 5.91 Å². The van der Waals surface area contributed by atoms with Crippen LogP contribution in [-0.2, 0) is 14.3 Å². The second-order valence-electron chi connectivity index (χ2n) is 4.60. The number of methoxy groups -OCH3 is 1. The van der Waals surface area contributed by atoms with Crippen molar-refractivity contribution < 1.29 is 14.3 Å². The Morgan fingerprint density at radius 1 is 1.29 bits per heavy atom. The molecular formula is C12H22N2O3. The Hall–Kier alpha value is -1.10. The Morgan fingerprint density at radius 2 is 1.94 bits per heavy atom. The number of nitrogens with two attached hydrogens (primary N) is 1. The standard InChI is InChI=1S/C12H22N2O3/c1-14(10-6-4-3-5-9(10)13)11(15)7-8-12(16)17-2/h9-10H,3-8,13H2,1-2H3/t9-,10-/m0/s1. The van der Waals surface area contributed by atoms with E-state index in [0.717, 1.165) is 25.7 Å². The van der Waals surface area contributed by atoms with E-state index in [1.807, 2.05) is 0 Å². The number of carbonyl (C=O) groups excluding carboxylic acids is 2. The van der Waals surface area contributed by atoms with Gasteiger partial charge in [-0.15, -0.1) is 0 Å². The summed E-state index contributed by atoms with van der Waals surface area (Å²) < 4.78 is 4.51. The lowest BCUT2D eigenvalue weighted by Gasteiger charge is -2.36. The van der Waals surface area contributed by atoms with Gasteiger partial charge in [0.1, 0.15) is 0 Å². The number of hydrogen-bond acceptors (Lipinski definition) is 4. The molecule has 0 spiro atoms. The van der Waals surface area contributed by atoms with Crippen molar-refractivity contribution in [2.45, 2.75) is 50.6 Å². The van der Waals surface area contributed by atoms with Gasteiger partial charge in [-0.2, -0.15) is 0 Å². The van der Waals surface area contributed by atoms with Crippen molar-refractivity contribution in [3.63, 3.8) is 0 Å². The topological polar surface area (TPSA) is 72.6 Å². The second-order valence-corrected chi connectivity index (χ2v) is 4.60. The maximum Gasteiger partial charge on any atom is 0.306 e. The first-order chi connectivity index (χ1) is 8.06. The molecule has 0 unspecified atom stereocenters. The molecule has 1 saturated carbocycles. The van der Waals surface area contributed by atoms with Crippen molar-refractivity contribution in [1.29, 1.82) is 0 Å². The van der Waals surface area contributed by atoms with Gasteiger partial charge in [-0.1, -0.05) is 12.8 Å². The van der Waals surface area contributed by atoms with Crippen LogP contribution in [0.2, 0.25) is 0 Å². The van der Waals surface area contributed by atoms with Crippen molar-refractivity contribution in [2.24, 2.45) is 5.73 Å². The highest BCUT2D eigenvalue weighted by atomic mass is 16.5. The van der Waals surface area contributed by atoms with Crippen molar-refractivity contribution in [3.8, 4) is 0 Å². The number of rotatable bonds is 4. The highest BCUT2D eigenvalue weighted by molar-refractivity contribution is 5.81. The van der Waals surface area contributed by atoms with E-state index in [2.05, 4.69) is 4.74 Å². The smallest absolute Gasteiger partial charge is 0.306 e. The third kappa shape index (κ3) is 4.00. The molecule has 1 amide bonds. The Kier molecular flexibility index (Phi) is 5.41. The summed E-state index contributed by atoms with van der Waals surface area (Å²) in [6.07, 6.45) is 4.53. The van der Waals surface area contributed by atoms with Gasteiger partial charge in [0.15, 0.2) is 0 Å². The Labute approximate surface area is 102 Å². The van der Waals surface area contributed by atoms with Gasteiger partial charge < -0.3 is 15.4 Å². The summed E-state index contributed by atoms with van der Waals surface area (Å²) in [4.78, 5) is 24.5. The normalized spacial score (nSPS) is 24.2. The van der Waals surface area contributed by atoms with Gasteiger partial charge in [-0.3, -0.25) is 9.59 Å². The minimum Gasteiger partial charge on any atom is -0.469 e. The summed E-state index contributed by atoms with van der Waals surface area (Å²) in [6.45, 7) is 0. The van der Waals surface area contributed by atoms with Crippen LogP contribution in [0.4, 0.5) is 0 Å². The largest absolute Gasteiger partial charge is 0.469 e. The number of amides is 1. The Balaban J connectivity index is 2.42. The maximum atomic E-state index is 11.9. The zero-order valence-electron chi connectivity index (χ0n) is 10.6. The lowest BCUT2D eigenvalue weighted by molar-refractivity contribution is -0.144. The van der Waals surface area contributed by atoms with Crippen LogP contribution in [0.25, 0.3) is 0 Å². The molecule has 0 aromatic rings. The predicted molar refractivity (Wildman–Crippen MR) is 64.3 cm³/mol. The van der Waals surface area contributed by atoms with Crippen LogP contribution in [0.1, 0.15) is 38.5 Å². The lowest BCUT2D eigenvalue weighted by Crippen LogP contribution is -2.50. The zero-order valence-corrected chi connectivity index (χ0v) is 10.6. The van der Waals surface area contributed by atoms with Crippen LogP contribution < -0.4 is 5.73 Å². The molecule has 0 heterocycles. The Bertz CT molecular complexity index is 281. The average molecular weight is 242 g/mol. The summed E-state index contributed by atoms with van der Waals surface area (Å²) in [5.41, 5.74) is 6.01. The molecule has 17 heavy (non-hydrogen) atoms. The fourth-order valence-corrected chi connectivity index (χ4v) is 2.29. The van der Waals surface area contributed by atoms with Crippen molar-refractivity contribution in [3.05, 3.63) is 0 Å². The molecular weight excluding hydrogens is 220 g/mol. The first-order valence-corrected chi connectivity index (χ1v) is 6.14. The quantitative estimate of drug-likeness (QED) is 0.735. The number of nitrogens with zero attached hydrogens (tertiary/aromatic N) is 1. The van der Waals surface area contributed by atoms with E-state index >= 15 is 0 Å². The van der Waals surface area contributed by atoms with Crippen LogP contribution in [-0.4, -0.2) is 43.0 Å². The van der Waals surface area contributed by atoms with Crippen molar-refractivity contribution in [1.82, 2.24) is 4.90 Å². The first-order valence-electron chi connectivity index (χ1n) is 6.14. The number of hydrogen-bond donors (Lipinski definition) is 1. The molecule has 1 aliphatic rings. The molecule has 1 aliphatic carbocycles. The van der Waals surface area contributed by atoms with Gasteiger partial charge in [-0.05, 0) is 12.8 Å². The molecule has 0 aromatic heterocycles. The summed E-state index contributed by atoms with van der Waals surface area (Å²) in [6, 6.07) is 0.185. The molecule has 0 saturated heterocycles. The lowest BCUT2D eigenvalue weighted by atomic mass is 9.90. The SMILES string of the molecule is COC(=O)CCC(=O)N(C)[C@H]1CCCC[C@@H]1N. The van der Waals surface area contributed by atoms with E-state index in [4.69, 9.17) is 5.73 Å². The van der Waals surface area contributed by atoms with Crippen LogP contribution in [0.5, 0.6) is 0 Å². The summed E-state index contributed by atoms with van der Waals surface area (Å²) >= 11 is 0. The van der Waals surface area contributed by atoms with Crippen LogP contribution in [0, 0.1) is 0 Å². The highest BCUT2D eigenvalue weighted by Crippen LogP contribution is 2.21. The van der Waals surface area contributed by atoms with Gasteiger partial charge >= 0.3 is 5.97 Å². The maximum absolute atomic E-state index is 11.9. The molecule has 1 rings (SSSR count). The number of carbonyl (C=O) groups is 2. The van der Waals surface area contributed by atoms with Gasteiger partial charge in [0, 0.05) is 25.6 Å². The van der Waals surface area contributed by atoms with Crippen LogP contribution in [0.15, 0.2) is 0 Å². The highest BCUT2D eigenvalue weighted by Gasteiger charge is 2.28. The average Bonchev–Trinajstić information content (AvgIpc) is 2.35. The molecule has 0 bridgehead atoms. The minimum absolute atomic E-state index is 0.0299. The van der Waals surface area contributed by atoms with Crippen molar-refractivity contribution >= 4 is 11.9 Å². The van der Waals surface area contributed by atoms with Gasteiger partial charge in [0.25, 0.3) is 0 Å². The molecule has 0 aromatic carbocycles. The summed E-state index contributed by atoms with van der Waals surface area (Å²) in [5.74, 6) is -0.377. The Morgan fingerprint density at radius 3 is 2.53 bits per heavy atom. The fourth-order valence-electron chi connectivity index (χ4n) is 2.29. The van der Waals surface area contributed by atoms with Crippen LogP contribution in [0.3, 0.4) is 0 Å². The first kappa shape index (κ1) is 14.0. The minimum atomic E-state index is -0.348. The van der Waals surface area contributed by atoms with Gasteiger partial charge in [0.05, 0.1) is 13.5 Å². The van der Waals surface area contributed by atoms with E-state index in [0.29, 0.717) is 0 Å². The second kappa shape index (κ2) is 6.59. The number of ether oxygens (including phenoxy) is 1. The van der Waals surface area contributed by atoms with Crippen LogP contribution >= 0.6 is 0 Å². The summed E-state index contributed by atoms with van der Waals surface area (Å²) in [7, 11) is 3.10. The fraction of sp³-hybridized carbons (Fsp3) is 0.833. The summed E-state index contributed by atoms with van der Waals surface area (Å²) in [5, 5.41) is 0. The van der Waals surface area contributed by atoms with Gasteiger partial charge in [-0.25, -0.2) is 0 Å². The number of esters is 1. The van der Waals surface area contributed by atoms with E-state index in [1.54, 1.807) is 11.9 Å². The molecule has 2 atom stereocenters. The molecule has 98 valence electrons. The molecule has 2 N–H and O–H groups in total. The molecule has 1 fully saturated rings. The zero-order chi connectivity index (χ0) is 12.8. The van der Waals surface area contributed by atoms with E-state index < -0.39 is 0 Å². The van der Waals surface area contributed by atoms with E-state index in [1.165, 1.54) is 7.11 Å². The van der Waals surface area contributed by atoms with E-state index in [9.17, 15) is 9.59 Å². The monoisotopic (exact) mass is 242 g/mol. The van der Waals surface area contributed by atoms with E-state index in [-0.39, 0.29) is 36.8 Å². The molecule has 5 heteroatoms. The molecule has 0 radical (unpaired) electrons. The van der Waals surface area contributed by atoms with Crippen molar-refractivity contribution in [2.75, 3.05) is 14.2 Å². The third-order valence-electron chi connectivity index (χ3n) is 3.44. The molecule has 5 nitrogen and oxygen atoms in total. The number of likely N-dealkylation sites (N-methyl/N-ethyl adjacent to an activating group) is 1. The third-order valence-corrected chi connectivity index (χ3v) is 3.44.